The van der Waals surface area contributed by atoms with Crippen molar-refractivity contribution in [2.75, 3.05) is 18.6 Å². The van der Waals surface area contributed by atoms with Crippen LogP contribution in [0.1, 0.15) is 22.3 Å². The van der Waals surface area contributed by atoms with Crippen LogP contribution in [0, 0.1) is 5.82 Å². The molecule has 3 rings (SSSR count). The lowest BCUT2D eigenvalue weighted by atomic mass is 10.1. The van der Waals surface area contributed by atoms with E-state index in [4.69, 9.17) is 0 Å². The molecule has 0 spiro atoms. The van der Waals surface area contributed by atoms with Gasteiger partial charge in [0.25, 0.3) is 5.91 Å². The number of carbonyl (C=O) groups is 3. The van der Waals surface area contributed by atoms with E-state index in [2.05, 4.69) is 4.74 Å². The molecule has 2 amide bonds. The SMILES string of the molecule is COC(=O)c1ccc(N2C(=O)C[C@@H]([NH2+]CCc3ccccc3F)C2=O)cc1. The molecule has 1 heterocycles. The zero-order valence-corrected chi connectivity index (χ0v) is 14.9. The van der Waals surface area contributed by atoms with Crippen molar-refractivity contribution in [1.29, 1.82) is 0 Å². The number of imide groups is 1. The number of carbonyl (C=O) groups excluding carboxylic acids is 3. The molecule has 0 radical (unpaired) electrons. The minimum atomic E-state index is -0.524. The van der Waals surface area contributed by atoms with Gasteiger partial charge in [0.15, 0.2) is 6.04 Å². The fraction of sp³-hybridized carbons (Fsp3) is 0.250. The van der Waals surface area contributed by atoms with Crippen LogP contribution < -0.4 is 10.2 Å². The lowest BCUT2D eigenvalue weighted by Gasteiger charge is -2.14. The number of esters is 1. The summed E-state index contributed by atoms with van der Waals surface area (Å²) >= 11 is 0. The summed E-state index contributed by atoms with van der Waals surface area (Å²) in [6, 6.07) is 12.1. The first-order chi connectivity index (χ1) is 13.0. The van der Waals surface area contributed by atoms with E-state index in [0.29, 0.717) is 29.8 Å². The van der Waals surface area contributed by atoms with E-state index >= 15 is 0 Å². The van der Waals surface area contributed by atoms with Crippen LogP contribution in [-0.4, -0.2) is 37.5 Å². The summed E-state index contributed by atoms with van der Waals surface area (Å²) in [5, 5.41) is 1.77. The average Bonchev–Trinajstić information content (AvgIpc) is 2.96. The van der Waals surface area contributed by atoms with Gasteiger partial charge < -0.3 is 10.1 Å². The fourth-order valence-electron chi connectivity index (χ4n) is 3.12. The zero-order valence-electron chi connectivity index (χ0n) is 14.9. The first-order valence-corrected chi connectivity index (χ1v) is 8.63. The van der Waals surface area contributed by atoms with Crippen molar-refractivity contribution < 1.29 is 28.8 Å². The molecule has 27 heavy (non-hydrogen) atoms. The van der Waals surface area contributed by atoms with Crippen molar-refractivity contribution in [3.63, 3.8) is 0 Å². The molecule has 1 saturated heterocycles. The Morgan fingerprint density at radius 2 is 1.89 bits per heavy atom. The molecule has 0 aromatic heterocycles. The first kappa shape index (κ1) is 18.7. The number of amides is 2. The number of quaternary nitrogens is 1. The molecule has 1 fully saturated rings. The van der Waals surface area contributed by atoms with Gasteiger partial charge in [0, 0.05) is 6.42 Å². The molecule has 1 atom stereocenters. The van der Waals surface area contributed by atoms with Gasteiger partial charge in [0.2, 0.25) is 5.91 Å². The minimum Gasteiger partial charge on any atom is -0.465 e. The monoisotopic (exact) mass is 371 g/mol. The minimum absolute atomic E-state index is 0.0921. The standard InChI is InChI=1S/C20H19FN2O4/c1-27-20(26)14-6-8-15(9-7-14)23-18(24)12-17(19(23)25)22-11-10-13-4-2-3-5-16(13)21/h2-9,17,22H,10-12H2,1H3/p+1/t17-/m1/s1. The number of rotatable bonds is 6. The number of ether oxygens (including phenoxy) is 1. The molecular formula is C20H20FN2O4+. The summed E-state index contributed by atoms with van der Waals surface area (Å²) in [5.41, 5.74) is 1.34. The third kappa shape index (κ3) is 4.03. The molecule has 1 aliphatic rings. The molecule has 2 aromatic rings. The van der Waals surface area contributed by atoms with E-state index in [9.17, 15) is 18.8 Å². The van der Waals surface area contributed by atoms with Crippen molar-refractivity contribution in [2.24, 2.45) is 0 Å². The smallest absolute Gasteiger partial charge is 0.337 e. The average molecular weight is 371 g/mol. The van der Waals surface area contributed by atoms with Crippen LogP contribution in [0.15, 0.2) is 48.5 Å². The van der Waals surface area contributed by atoms with Crippen LogP contribution in [0.4, 0.5) is 10.1 Å². The Balaban J connectivity index is 1.63. The molecule has 6 nitrogen and oxygen atoms in total. The molecule has 2 aromatic carbocycles. The first-order valence-electron chi connectivity index (χ1n) is 8.63. The molecule has 0 aliphatic carbocycles. The molecule has 1 aliphatic heterocycles. The maximum atomic E-state index is 13.7. The number of anilines is 1. The van der Waals surface area contributed by atoms with Crippen LogP contribution in [-0.2, 0) is 20.7 Å². The van der Waals surface area contributed by atoms with E-state index in [-0.39, 0.29) is 24.1 Å². The van der Waals surface area contributed by atoms with Gasteiger partial charge in [0.1, 0.15) is 5.82 Å². The molecule has 0 saturated carbocycles. The van der Waals surface area contributed by atoms with E-state index in [1.807, 2.05) is 0 Å². The lowest BCUT2D eigenvalue weighted by molar-refractivity contribution is -0.674. The number of nitrogens with two attached hydrogens (primary N) is 1. The summed E-state index contributed by atoms with van der Waals surface area (Å²) in [4.78, 5) is 37.5. The van der Waals surface area contributed by atoms with E-state index in [1.54, 1.807) is 35.6 Å². The number of hydrogen-bond donors (Lipinski definition) is 1. The van der Waals surface area contributed by atoms with Gasteiger partial charge in [-0.1, -0.05) is 18.2 Å². The highest BCUT2D eigenvalue weighted by Gasteiger charge is 2.42. The second-order valence-electron chi connectivity index (χ2n) is 6.28. The number of benzene rings is 2. The van der Waals surface area contributed by atoms with Crippen LogP contribution in [0.2, 0.25) is 0 Å². The highest BCUT2D eigenvalue weighted by Crippen LogP contribution is 2.22. The number of nitrogens with zero attached hydrogens (tertiary/aromatic N) is 1. The van der Waals surface area contributed by atoms with Crippen LogP contribution in [0.3, 0.4) is 0 Å². The Bertz CT molecular complexity index is 867. The maximum absolute atomic E-state index is 13.7. The summed E-state index contributed by atoms with van der Waals surface area (Å²) in [6.07, 6.45) is 0.563. The molecule has 2 N–H and O–H groups in total. The Labute approximate surface area is 155 Å². The Morgan fingerprint density at radius 3 is 2.56 bits per heavy atom. The second-order valence-corrected chi connectivity index (χ2v) is 6.28. The number of methoxy groups -OCH3 is 1. The normalized spacial score (nSPS) is 16.7. The molecule has 0 unspecified atom stereocenters. The Kier molecular flexibility index (Phi) is 5.61. The predicted molar refractivity (Wildman–Crippen MR) is 95.6 cm³/mol. The van der Waals surface area contributed by atoms with E-state index in [0.717, 1.165) is 4.90 Å². The zero-order chi connectivity index (χ0) is 19.4. The number of halogens is 1. The molecule has 7 heteroatoms. The van der Waals surface area contributed by atoms with Gasteiger partial charge in [-0.2, -0.15) is 0 Å². The van der Waals surface area contributed by atoms with Gasteiger partial charge in [-0.05, 0) is 35.9 Å². The molecule has 0 bridgehead atoms. The summed E-state index contributed by atoms with van der Waals surface area (Å²) < 4.78 is 18.3. The van der Waals surface area contributed by atoms with Crippen LogP contribution in [0.25, 0.3) is 0 Å². The third-order valence-electron chi connectivity index (χ3n) is 4.55. The van der Waals surface area contributed by atoms with Crippen molar-refractivity contribution >= 4 is 23.5 Å². The quantitative estimate of drug-likeness (QED) is 0.608. The maximum Gasteiger partial charge on any atom is 0.337 e. The van der Waals surface area contributed by atoms with Gasteiger partial charge in [0.05, 0.1) is 31.3 Å². The predicted octanol–water partition coefficient (Wildman–Crippen LogP) is 1.05. The lowest BCUT2D eigenvalue weighted by Crippen LogP contribution is -2.92. The van der Waals surface area contributed by atoms with Crippen molar-refractivity contribution in [2.45, 2.75) is 18.9 Å². The third-order valence-corrected chi connectivity index (χ3v) is 4.55. The van der Waals surface area contributed by atoms with Gasteiger partial charge in [-0.3, -0.25) is 9.59 Å². The van der Waals surface area contributed by atoms with Crippen LogP contribution >= 0.6 is 0 Å². The highest BCUT2D eigenvalue weighted by atomic mass is 19.1. The van der Waals surface area contributed by atoms with Crippen molar-refractivity contribution in [3.8, 4) is 0 Å². The Morgan fingerprint density at radius 1 is 1.19 bits per heavy atom. The fourth-order valence-corrected chi connectivity index (χ4v) is 3.12. The summed E-state index contributed by atoms with van der Waals surface area (Å²) in [7, 11) is 1.28. The topological polar surface area (TPSA) is 80.3 Å². The molecular weight excluding hydrogens is 351 g/mol. The summed E-state index contributed by atoms with van der Waals surface area (Å²) in [6.45, 7) is 0.500. The van der Waals surface area contributed by atoms with Crippen LogP contribution in [0.5, 0.6) is 0 Å². The number of hydrogen-bond acceptors (Lipinski definition) is 4. The largest absolute Gasteiger partial charge is 0.465 e. The van der Waals surface area contributed by atoms with Gasteiger partial charge >= 0.3 is 5.97 Å². The Hall–Kier alpha value is -3.06. The van der Waals surface area contributed by atoms with Crippen molar-refractivity contribution in [1.82, 2.24) is 0 Å². The molecule has 140 valence electrons. The highest BCUT2D eigenvalue weighted by molar-refractivity contribution is 6.21. The summed E-state index contributed by atoms with van der Waals surface area (Å²) in [5.74, 6) is -1.36. The second kappa shape index (κ2) is 8.09. The van der Waals surface area contributed by atoms with E-state index < -0.39 is 12.0 Å². The van der Waals surface area contributed by atoms with Gasteiger partial charge in [-0.25, -0.2) is 14.1 Å². The van der Waals surface area contributed by atoms with Gasteiger partial charge in [-0.15, -0.1) is 0 Å². The van der Waals surface area contributed by atoms with Crippen molar-refractivity contribution in [3.05, 3.63) is 65.5 Å². The van der Waals surface area contributed by atoms with E-state index in [1.165, 1.54) is 25.3 Å².